The summed E-state index contributed by atoms with van der Waals surface area (Å²) in [6.07, 6.45) is 0. The number of nitrogens with zero attached hydrogens (tertiary/aromatic N) is 2. The Morgan fingerprint density at radius 1 is 1.50 bits per heavy atom. The average Bonchev–Trinajstić information content (AvgIpc) is 2.52. The van der Waals surface area contributed by atoms with Gasteiger partial charge in [0, 0.05) is 0 Å². The van der Waals surface area contributed by atoms with E-state index in [0.29, 0.717) is 16.7 Å². The van der Waals surface area contributed by atoms with Gasteiger partial charge in [-0.05, 0) is 18.2 Å². The lowest BCUT2D eigenvalue weighted by Gasteiger charge is -1.96. The van der Waals surface area contributed by atoms with E-state index < -0.39 is 0 Å². The summed E-state index contributed by atoms with van der Waals surface area (Å²) in [5, 5.41) is 18.6. The molecule has 0 atom stereocenters. The van der Waals surface area contributed by atoms with Crippen molar-refractivity contribution in [1.82, 2.24) is 4.98 Å². The highest BCUT2D eigenvalue weighted by Gasteiger charge is 2.22. The standard InChI is InChI=1S/C9H7N3O2/c1-14-5-2-3-7-6(4-5)8(12-10)9(13)11-7/h2-4,10H,1H3/p+1. The van der Waals surface area contributed by atoms with Gasteiger partial charge in [0.05, 0.1) is 12.6 Å². The SMILES string of the molecule is COc1ccc2[nH]c(O)c([N+]#N)c2c1. The number of ether oxygens (including phenoxy) is 1. The van der Waals surface area contributed by atoms with Gasteiger partial charge in [-0.15, -0.1) is 0 Å². The number of H-pyrrole nitrogens is 1. The van der Waals surface area contributed by atoms with Crippen LogP contribution in [0.2, 0.25) is 0 Å². The van der Waals surface area contributed by atoms with Crippen molar-refractivity contribution in [2.75, 3.05) is 7.11 Å². The summed E-state index contributed by atoms with van der Waals surface area (Å²) in [5.74, 6) is 0.483. The second-order valence-corrected chi connectivity index (χ2v) is 2.83. The van der Waals surface area contributed by atoms with E-state index in [-0.39, 0.29) is 11.6 Å². The minimum Gasteiger partial charge on any atom is -0.497 e. The molecular formula is C9H8N3O2+. The summed E-state index contributed by atoms with van der Waals surface area (Å²) in [4.78, 5) is 5.67. The lowest BCUT2D eigenvalue weighted by Crippen LogP contribution is -1.80. The third-order valence-electron chi connectivity index (χ3n) is 2.06. The number of hydrogen-bond donors (Lipinski definition) is 2. The monoisotopic (exact) mass is 190 g/mol. The predicted octanol–water partition coefficient (Wildman–Crippen LogP) is 2.37. The molecule has 0 saturated carbocycles. The van der Waals surface area contributed by atoms with Gasteiger partial charge < -0.3 is 14.8 Å². The second-order valence-electron chi connectivity index (χ2n) is 2.83. The maximum absolute atomic E-state index is 9.35. The number of aromatic amines is 1. The average molecular weight is 190 g/mol. The van der Waals surface area contributed by atoms with E-state index in [1.54, 1.807) is 25.3 Å². The zero-order valence-electron chi connectivity index (χ0n) is 7.48. The zero-order valence-corrected chi connectivity index (χ0v) is 7.48. The molecule has 0 aliphatic rings. The first kappa shape index (κ1) is 8.38. The number of nitrogens with one attached hydrogen (secondary N) is 1. The summed E-state index contributed by atoms with van der Waals surface area (Å²) >= 11 is 0. The van der Waals surface area contributed by atoms with Gasteiger partial charge in [0.2, 0.25) is 5.39 Å². The van der Waals surface area contributed by atoms with Crippen LogP contribution in [-0.2, 0) is 0 Å². The Balaban J connectivity index is 2.79. The minimum atomic E-state index is -0.157. The molecule has 1 aromatic heterocycles. The van der Waals surface area contributed by atoms with Gasteiger partial charge >= 0.3 is 5.69 Å². The van der Waals surface area contributed by atoms with Gasteiger partial charge in [-0.3, -0.25) is 0 Å². The Hall–Kier alpha value is -2.22. The fourth-order valence-corrected chi connectivity index (χ4v) is 1.37. The quantitative estimate of drug-likeness (QED) is 0.678. The fourth-order valence-electron chi connectivity index (χ4n) is 1.37. The maximum atomic E-state index is 9.35. The Morgan fingerprint density at radius 2 is 2.29 bits per heavy atom. The van der Waals surface area contributed by atoms with Crippen LogP contribution in [0.25, 0.3) is 15.9 Å². The van der Waals surface area contributed by atoms with Crippen LogP contribution in [0, 0.1) is 5.39 Å². The summed E-state index contributed by atoms with van der Waals surface area (Å²) in [5.41, 5.74) is 0.815. The van der Waals surface area contributed by atoms with E-state index in [1.165, 1.54) is 0 Å². The van der Waals surface area contributed by atoms with Crippen LogP contribution in [0.15, 0.2) is 18.2 Å². The third kappa shape index (κ3) is 1.05. The van der Waals surface area contributed by atoms with E-state index in [2.05, 4.69) is 9.96 Å². The van der Waals surface area contributed by atoms with Crippen molar-refractivity contribution in [3.63, 3.8) is 0 Å². The first-order valence-corrected chi connectivity index (χ1v) is 4.00. The Bertz CT molecular complexity index is 525. The Labute approximate surface area is 79.6 Å². The summed E-state index contributed by atoms with van der Waals surface area (Å²) in [7, 11) is 1.55. The molecule has 2 rings (SSSR count). The molecular weight excluding hydrogens is 182 g/mol. The molecule has 14 heavy (non-hydrogen) atoms. The predicted molar refractivity (Wildman–Crippen MR) is 51.3 cm³/mol. The fraction of sp³-hybridized carbons (Fsp3) is 0.111. The van der Waals surface area contributed by atoms with Gasteiger partial charge in [0.1, 0.15) is 11.1 Å². The molecule has 0 spiro atoms. The normalized spacial score (nSPS) is 10.0. The number of diazo groups is 1. The lowest BCUT2D eigenvalue weighted by atomic mass is 10.2. The molecule has 5 nitrogen and oxygen atoms in total. The number of aromatic hydroxyl groups is 1. The molecule has 0 aliphatic carbocycles. The molecule has 0 saturated heterocycles. The van der Waals surface area contributed by atoms with Crippen LogP contribution in [-0.4, -0.2) is 17.2 Å². The van der Waals surface area contributed by atoms with Gasteiger partial charge in [0.25, 0.3) is 5.88 Å². The van der Waals surface area contributed by atoms with Crippen LogP contribution < -0.4 is 4.74 Å². The molecule has 2 N–H and O–H groups in total. The molecule has 0 amide bonds. The first-order chi connectivity index (χ1) is 6.76. The van der Waals surface area contributed by atoms with E-state index in [0.717, 1.165) is 0 Å². The van der Waals surface area contributed by atoms with Crippen molar-refractivity contribution in [3.05, 3.63) is 23.2 Å². The van der Waals surface area contributed by atoms with Crippen molar-refractivity contribution in [2.45, 2.75) is 0 Å². The van der Waals surface area contributed by atoms with Crippen molar-refractivity contribution in [1.29, 1.82) is 5.39 Å². The number of rotatable bonds is 1. The number of methoxy groups -OCH3 is 1. The molecule has 0 bridgehead atoms. The van der Waals surface area contributed by atoms with Crippen LogP contribution in [0.5, 0.6) is 11.6 Å². The molecule has 0 unspecified atom stereocenters. The Kier molecular flexibility index (Phi) is 1.75. The van der Waals surface area contributed by atoms with Crippen LogP contribution >= 0.6 is 0 Å². The highest BCUT2D eigenvalue weighted by molar-refractivity contribution is 5.97. The van der Waals surface area contributed by atoms with Gasteiger partial charge in [-0.1, -0.05) is 0 Å². The highest BCUT2D eigenvalue weighted by Crippen LogP contribution is 2.36. The van der Waals surface area contributed by atoms with Crippen LogP contribution in [0.1, 0.15) is 0 Å². The molecule has 0 aliphatic heterocycles. The third-order valence-corrected chi connectivity index (χ3v) is 2.06. The summed E-state index contributed by atoms with van der Waals surface area (Å²) < 4.78 is 5.01. The molecule has 0 radical (unpaired) electrons. The summed E-state index contributed by atoms with van der Waals surface area (Å²) in [6, 6.07) is 5.17. The Morgan fingerprint density at radius 3 is 2.93 bits per heavy atom. The zero-order chi connectivity index (χ0) is 10.1. The molecule has 0 fully saturated rings. The van der Waals surface area contributed by atoms with Crippen molar-refractivity contribution in [2.24, 2.45) is 0 Å². The molecule has 1 heterocycles. The minimum absolute atomic E-state index is 0.124. The number of aromatic nitrogens is 1. The number of hydrogen-bond acceptors (Lipinski definition) is 3. The van der Waals surface area contributed by atoms with E-state index >= 15 is 0 Å². The topological polar surface area (TPSA) is 73.4 Å². The lowest BCUT2D eigenvalue weighted by molar-refractivity contribution is 0.415. The van der Waals surface area contributed by atoms with Crippen molar-refractivity contribution in [3.8, 4) is 11.6 Å². The molecule has 1 aromatic carbocycles. The van der Waals surface area contributed by atoms with Gasteiger partial charge in [-0.25, -0.2) is 0 Å². The largest absolute Gasteiger partial charge is 0.497 e. The second kappa shape index (κ2) is 2.92. The van der Waals surface area contributed by atoms with Crippen molar-refractivity contribution >= 4 is 16.6 Å². The smallest absolute Gasteiger partial charge is 0.453 e. The van der Waals surface area contributed by atoms with Gasteiger partial charge in [0.15, 0.2) is 4.98 Å². The van der Waals surface area contributed by atoms with Gasteiger partial charge in [-0.2, -0.15) is 0 Å². The van der Waals surface area contributed by atoms with Crippen molar-refractivity contribution < 1.29 is 9.84 Å². The van der Waals surface area contributed by atoms with E-state index in [1.807, 2.05) is 0 Å². The number of fused-ring (bicyclic) bond motifs is 1. The highest BCUT2D eigenvalue weighted by atomic mass is 16.5. The van der Waals surface area contributed by atoms with E-state index in [4.69, 9.17) is 10.1 Å². The first-order valence-electron chi connectivity index (χ1n) is 4.00. The maximum Gasteiger partial charge on any atom is 0.453 e. The molecule has 5 heteroatoms. The van der Waals surface area contributed by atoms with E-state index in [9.17, 15) is 5.11 Å². The summed E-state index contributed by atoms with van der Waals surface area (Å²) in [6.45, 7) is 0. The number of benzene rings is 1. The molecule has 2 aromatic rings. The van der Waals surface area contributed by atoms with Crippen LogP contribution in [0.3, 0.4) is 0 Å². The molecule has 70 valence electrons. The van der Waals surface area contributed by atoms with Crippen LogP contribution in [0.4, 0.5) is 5.69 Å².